The highest BCUT2D eigenvalue weighted by Crippen LogP contribution is 2.20. The lowest BCUT2D eigenvalue weighted by Gasteiger charge is -2.08. The first-order valence-electron chi connectivity index (χ1n) is 7.40. The fourth-order valence-corrected chi connectivity index (χ4v) is 2.07. The number of amides is 1. The van der Waals surface area contributed by atoms with Crippen LogP contribution in [-0.4, -0.2) is 11.9 Å². The van der Waals surface area contributed by atoms with Gasteiger partial charge in [0.2, 0.25) is 5.91 Å². The second kappa shape index (κ2) is 7.29. The van der Waals surface area contributed by atoms with Crippen LogP contribution in [0.5, 0.6) is 0 Å². The molecule has 0 unspecified atom stereocenters. The van der Waals surface area contributed by atoms with Crippen molar-refractivity contribution in [2.75, 3.05) is 5.32 Å². The number of carbonyl (C=O) groups is 1. The lowest BCUT2D eigenvalue weighted by atomic mass is 10.1. The SMILES string of the molecule is CCCCCC(=O)Nc1cccc(CNC2CC2)c1. The van der Waals surface area contributed by atoms with Gasteiger partial charge in [-0.1, -0.05) is 31.9 Å². The molecule has 0 aliphatic heterocycles. The lowest BCUT2D eigenvalue weighted by Crippen LogP contribution is -2.16. The van der Waals surface area contributed by atoms with Crippen molar-refractivity contribution in [3.05, 3.63) is 29.8 Å². The summed E-state index contributed by atoms with van der Waals surface area (Å²) in [4.78, 5) is 11.7. The number of nitrogens with one attached hydrogen (secondary N) is 2. The van der Waals surface area contributed by atoms with Gasteiger partial charge in [0.05, 0.1) is 0 Å². The van der Waals surface area contributed by atoms with Gasteiger partial charge < -0.3 is 10.6 Å². The first-order chi connectivity index (χ1) is 9.28. The van der Waals surface area contributed by atoms with E-state index in [2.05, 4.69) is 29.7 Å². The fraction of sp³-hybridized carbons (Fsp3) is 0.562. The van der Waals surface area contributed by atoms with Gasteiger partial charge in [-0.2, -0.15) is 0 Å². The maximum atomic E-state index is 11.7. The first-order valence-corrected chi connectivity index (χ1v) is 7.40. The Balaban J connectivity index is 1.78. The van der Waals surface area contributed by atoms with E-state index in [0.717, 1.165) is 31.5 Å². The molecular formula is C16H24N2O. The molecule has 2 rings (SSSR count). The standard InChI is InChI=1S/C16H24N2O/c1-2-3-4-8-16(19)18-15-7-5-6-13(11-15)12-17-14-9-10-14/h5-7,11,14,17H,2-4,8-10,12H2,1H3,(H,18,19). The Morgan fingerprint density at radius 2 is 2.16 bits per heavy atom. The number of anilines is 1. The Morgan fingerprint density at radius 3 is 2.89 bits per heavy atom. The molecule has 2 N–H and O–H groups in total. The Morgan fingerprint density at radius 1 is 1.32 bits per heavy atom. The van der Waals surface area contributed by atoms with Gasteiger partial charge in [-0.25, -0.2) is 0 Å². The number of benzene rings is 1. The average molecular weight is 260 g/mol. The highest BCUT2D eigenvalue weighted by molar-refractivity contribution is 5.90. The van der Waals surface area contributed by atoms with Gasteiger partial charge in [0, 0.05) is 24.7 Å². The number of unbranched alkanes of at least 4 members (excludes halogenated alkanes) is 2. The van der Waals surface area contributed by atoms with Crippen LogP contribution in [-0.2, 0) is 11.3 Å². The van der Waals surface area contributed by atoms with E-state index in [4.69, 9.17) is 0 Å². The Kier molecular flexibility index (Phi) is 5.40. The smallest absolute Gasteiger partial charge is 0.224 e. The molecule has 0 atom stereocenters. The van der Waals surface area contributed by atoms with Crippen molar-refractivity contribution in [1.29, 1.82) is 0 Å². The van der Waals surface area contributed by atoms with Crippen LogP contribution in [0.3, 0.4) is 0 Å². The molecule has 104 valence electrons. The molecule has 0 aromatic heterocycles. The molecule has 1 aliphatic rings. The van der Waals surface area contributed by atoms with Gasteiger partial charge in [-0.05, 0) is 37.0 Å². The summed E-state index contributed by atoms with van der Waals surface area (Å²) in [5.41, 5.74) is 2.15. The minimum atomic E-state index is 0.126. The third-order valence-corrected chi connectivity index (χ3v) is 3.39. The monoisotopic (exact) mass is 260 g/mol. The lowest BCUT2D eigenvalue weighted by molar-refractivity contribution is -0.116. The minimum absolute atomic E-state index is 0.126. The summed E-state index contributed by atoms with van der Waals surface area (Å²) < 4.78 is 0. The molecule has 1 saturated carbocycles. The van der Waals surface area contributed by atoms with Crippen molar-refractivity contribution in [3.63, 3.8) is 0 Å². The highest BCUT2D eigenvalue weighted by Gasteiger charge is 2.19. The Bertz CT molecular complexity index is 413. The maximum Gasteiger partial charge on any atom is 0.224 e. The fourth-order valence-electron chi connectivity index (χ4n) is 2.07. The van der Waals surface area contributed by atoms with Crippen molar-refractivity contribution in [2.45, 2.75) is 58.0 Å². The third kappa shape index (κ3) is 5.43. The Hall–Kier alpha value is -1.35. The quantitative estimate of drug-likeness (QED) is 0.703. The van der Waals surface area contributed by atoms with E-state index in [9.17, 15) is 4.79 Å². The van der Waals surface area contributed by atoms with Crippen LogP contribution in [0.25, 0.3) is 0 Å². The van der Waals surface area contributed by atoms with Crippen molar-refractivity contribution < 1.29 is 4.79 Å². The van der Waals surface area contributed by atoms with Gasteiger partial charge in [-0.15, -0.1) is 0 Å². The average Bonchev–Trinajstić information content (AvgIpc) is 3.21. The van der Waals surface area contributed by atoms with Crippen LogP contribution in [0.4, 0.5) is 5.69 Å². The van der Waals surface area contributed by atoms with E-state index in [-0.39, 0.29) is 5.91 Å². The topological polar surface area (TPSA) is 41.1 Å². The van der Waals surface area contributed by atoms with Crippen molar-refractivity contribution >= 4 is 11.6 Å². The molecule has 1 aromatic carbocycles. The molecule has 3 nitrogen and oxygen atoms in total. The number of hydrogen-bond donors (Lipinski definition) is 2. The summed E-state index contributed by atoms with van der Waals surface area (Å²) in [7, 11) is 0. The molecule has 0 bridgehead atoms. The zero-order chi connectivity index (χ0) is 13.5. The minimum Gasteiger partial charge on any atom is -0.326 e. The van der Waals surface area contributed by atoms with Gasteiger partial charge in [0.15, 0.2) is 0 Å². The molecule has 0 saturated heterocycles. The predicted octanol–water partition coefficient (Wildman–Crippen LogP) is 3.46. The van der Waals surface area contributed by atoms with E-state index in [1.54, 1.807) is 0 Å². The summed E-state index contributed by atoms with van der Waals surface area (Å²) in [6.45, 7) is 3.04. The highest BCUT2D eigenvalue weighted by atomic mass is 16.1. The van der Waals surface area contributed by atoms with Gasteiger partial charge in [-0.3, -0.25) is 4.79 Å². The van der Waals surface area contributed by atoms with E-state index in [0.29, 0.717) is 12.5 Å². The van der Waals surface area contributed by atoms with Crippen LogP contribution in [0, 0.1) is 0 Å². The van der Waals surface area contributed by atoms with Gasteiger partial charge in [0.25, 0.3) is 0 Å². The molecule has 0 heterocycles. The zero-order valence-electron chi connectivity index (χ0n) is 11.7. The van der Waals surface area contributed by atoms with E-state index < -0.39 is 0 Å². The van der Waals surface area contributed by atoms with E-state index in [1.807, 2.05) is 12.1 Å². The second-order valence-corrected chi connectivity index (χ2v) is 5.36. The van der Waals surface area contributed by atoms with E-state index >= 15 is 0 Å². The largest absolute Gasteiger partial charge is 0.326 e. The molecule has 1 fully saturated rings. The summed E-state index contributed by atoms with van der Waals surface area (Å²) in [5, 5.41) is 6.46. The Labute approximate surface area is 115 Å². The van der Waals surface area contributed by atoms with Crippen LogP contribution in [0.15, 0.2) is 24.3 Å². The summed E-state index contributed by atoms with van der Waals surface area (Å²) in [5.74, 6) is 0.126. The molecular weight excluding hydrogens is 236 g/mol. The number of carbonyl (C=O) groups excluding carboxylic acids is 1. The third-order valence-electron chi connectivity index (χ3n) is 3.39. The van der Waals surface area contributed by atoms with Crippen molar-refractivity contribution in [2.24, 2.45) is 0 Å². The zero-order valence-corrected chi connectivity index (χ0v) is 11.7. The molecule has 1 amide bonds. The molecule has 0 radical (unpaired) electrons. The van der Waals surface area contributed by atoms with Gasteiger partial charge >= 0.3 is 0 Å². The van der Waals surface area contributed by atoms with Crippen molar-refractivity contribution in [1.82, 2.24) is 5.32 Å². The van der Waals surface area contributed by atoms with Crippen LogP contribution in [0.2, 0.25) is 0 Å². The first kappa shape index (κ1) is 14.1. The summed E-state index contributed by atoms with van der Waals surface area (Å²) in [6, 6.07) is 8.84. The maximum absolute atomic E-state index is 11.7. The molecule has 3 heteroatoms. The molecule has 19 heavy (non-hydrogen) atoms. The number of hydrogen-bond acceptors (Lipinski definition) is 2. The summed E-state index contributed by atoms with van der Waals surface area (Å²) in [6.07, 6.45) is 6.47. The van der Waals surface area contributed by atoms with Crippen LogP contribution < -0.4 is 10.6 Å². The molecule has 1 aromatic rings. The second-order valence-electron chi connectivity index (χ2n) is 5.36. The summed E-state index contributed by atoms with van der Waals surface area (Å²) >= 11 is 0. The molecule has 1 aliphatic carbocycles. The number of rotatable bonds is 8. The van der Waals surface area contributed by atoms with Gasteiger partial charge in [0.1, 0.15) is 0 Å². The normalized spacial score (nSPS) is 14.4. The molecule has 0 spiro atoms. The van der Waals surface area contributed by atoms with E-state index in [1.165, 1.54) is 18.4 Å². The predicted molar refractivity (Wildman–Crippen MR) is 79.1 cm³/mol. The van der Waals surface area contributed by atoms with Crippen molar-refractivity contribution in [3.8, 4) is 0 Å². The van der Waals surface area contributed by atoms with Crippen LogP contribution in [0.1, 0.15) is 51.0 Å². The van der Waals surface area contributed by atoms with Crippen LogP contribution >= 0.6 is 0 Å².